The van der Waals surface area contributed by atoms with Gasteiger partial charge in [-0.25, -0.2) is 0 Å². The Kier molecular flexibility index (Phi) is 6.62. The zero-order valence-electron chi connectivity index (χ0n) is 17.3. The Hall–Kier alpha value is -2.58. The zero-order chi connectivity index (χ0) is 22.8. The molecule has 2 nitrogen and oxygen atoms in total. The molecule has 0 aromatic heterocycles. The third kappa shape index (κ3) is 5.37. The maximum Gasteiger partial charge on any atom is 0.426 e. The fourth-order valence-electron chi connectivity index (χ4n) is 4.17. The number of alkyl halides is 3. The third-order valence-electron chi connectivity index (χ3n) is 6.02. The highest BCUT2D eigenvalue weighted by molar-refractivity contribution is 6.30. The SMILES string of the molecule is CC1(C)C(/C=C(\Cl)C(F)(F)F)C1C(=O)CC(C#N)c1cccc(Cc2ccccc2)c1. The topological polar surface area (TPSA) is 40.9 Å². The van der Waals surface area contributed by atoms with Crippen molar-refractivity contribution in [3.8, 4) is 6.07 Å². The second-order valence-corrected chi connectivity index (χ2v) is 9.00. The van der Waals surface area contributed by atoms with Crippen molar-refractivity contribution in [1.29, 1.82) is 5.26 Å². The summed E-state index contributed by atoms with van der Waals surface area (Å²) >= 11 is 5.37. The highest BCUT2D eigenvalue weighted by atomic mass is 35.5. The van der Waals surface area contributed by atoms with Crippen molar-refractivity contribution in [2.75, 3.05) is 0 Å². The number of allylic oxidation sites excluding steroid dienone is 2. The lowest BCUT2D eigenvalue weighted by atomic mass is 9.90. The summed E-state index contributed by atoms with van der Waals surface area (Å²) in [6.45, 7) is 3.50. The highest BCUT2D eigenvalue weighted by Gasteiger charge is 2.60. The van der Waals surface area contributed by atoms with Gasteiger partial charge in [0.15, 0.2) is 0 Å². The molecular formula is C25H23ClF3NO. The molecule has 0 saturated heterocycles. The first-order valence-electron chi connectivity index (χ1n) is 10.0. The Morgan fingerprint density at radius 3 is 2.42 bits per heavy atom. The largest absolute Gasteiger partial charge is 0.426 e. The Labute approximate surface area is 185 Å². The number of halogens is 4. The van der Waals surface area contributed by atoms with Crippen LogP contribution in [0.3, 0.4) is 0 Å². The lowest BCUT2D eigenvalue weighted by molar-refractivity contribution is -0.121. The summed E-state index contributed by atoms with van der Waals surface area (Å²) in [5, 5.41) is 8.47. The summed E-state index contributed by atoms with van der Waals surface area (Å²) < 4.78 is 38.3. The summed E-state index contributed by atoms with van der Waals surface area (Å²) in [6, 6.07) is 19.7. The normalized spacial score (nSPS) is 21.3. The van der Waals surface area contributed by atoms with Gasteiger partial charge in [-0.15, -0.1) is 0 Å². The van der Waals surface area contributed by atoms with Crippen LogP contribution in [0.15, 0.2) is 65.7 Å². The molecule has 1 aliphatic rings. The molecule has 1 saturated carbocycles. The van der Waals surface area contributed by atoms with E-state index in [9.17, 15) is 23.2 Å². The van der Waals surface area contributed by atoms with Crippen LogP contribution >= 0.6 is 11.6 Å². The zero-order valence-corrected chi connectivity index (χ0v) is 18.0. The molecule has 0 bridgehead atoms. The molecule has 0 radical (unpaired) electrons. The van der Waals surface area contributed by atoms with E-state index in [1.54, 1.807) is 13.8 Å². The van der Waals surface area contributed by atoms with E-state index in [-0.39, 0.29) is 12.2 Å². The van der Waals surface area contributed by atoms with Gasteiger partial charge in [0, 0.05) is 12.3 Å². The van der Waals surface area contributed by atoms with Gasteiger partial charge in [-0.3, -0.25) is 4.79 Å². The van der Waals surface area contributed by atoms with Crippen molar-refractivity contribution in [3.63, 3.8) is 0 Å². The van der Waals surface area contributed by atoms with Crippen LogP contribution in [0.25, 0.3) is 0 Å². The summed E-state index contributed by atoms with van der Waals surface area (Å²) in [6.07, 6.45) is -3.01. The Morgan fingerprint density at radius 1 is 1.16 bits per heavy atom. The van der Waals surface area contributed by atoms with Crippen LogP contribution in [0, 0.1) is 28.6 Å². The number of hydrogen-bond donors (Lipinski definition) is 0. The van der Waals surface area contributed by atoms with Gasteiger partial charge in [0.05, 0.1) is 12.0 Å². The summed E-state index contributed by atoms with van der Waals surface area (Å²) in [5.74, 6) is -2.02. The van der Waals surface area contributed by atoms with Crippen molar-refractivity contribution in [1.82, 2.24) is 0 Å². The number of rotatable bonds is 7. The predicted molar refractivity (Wildman–Crippen MR) is 114 cm³/mol. The Bertz CT molecular complexity index is 1020. The van der Waals surface area contributed by atoms with Crippen LogP contribution in [0.5, 0.6) is 0 Å². The minimum atomic E-state index is -4.62. The van der Waals surface area contributed by atoms with Crippen molar-refractivity contribution >= 4 is 17.4 Å². The van der Waals surface area contributed by atoms with Gasteiger partial charge in [0.25, 0.3) is 0 Å². The lowest BCUT2D eigenvalue weighted by Gasteiger charge is -2.11. The number of benzene rings is 2. The maximum atomic E-state index is 12.9. The van der Waals surface area contributed by atoms with Crippen LogP contribution in [0.1, 0.15) is 42.9 Å². The van der Waals surface area contributed by atoms with E-state index >= 15 is 0 Å². The van der Waals surface area contributed by atoms with Gasteiger partial charge in [-0.05, 0) is 34.4 Å². The molecule has 3 unspecified atom stereocenters. The number of carbonyl (C=O) groups is 1. The molecule has 0 heterocycles. The number of hydrogen-bond acceptors (Lipinski definition) is 2. The molecule has 0 amide bonds. The fraction of sp³-hybridized carbons (Fsp3) is 0.360. The Morgan fingerprint density at radius 2 is 1.81 bits per heavy atom. The van der Waals surface area contributed by atoms with Gasteiger partial charge < -0.3 is 0 Å². The molecule has 2 aromatic carbocycles. The molecule has 3 atom stereocenters. The molecule has 3 rings (SSSR count). The fourth-order valence-corrected chi connectivity index (χ4v) is 4.31. The van der Waals surface area contributed by atoms with E-state index in [0.717, 1.165) is 22.8 Å². The lowest BCUT2D eigenvalue weighted by Crippen LogP contribution is -2.11. The highest BCUT2D eigenvalue weighted by Crippen LogP contribution is 2.61. The summed E-state index contributed by atoms with van der Waals surface area (Å²) in [4.78, 5) is 12.9. The minimum Gasteiger partial charge on any atom is -0.299 e. The predicted octanol–water partition coefficient (Wildman–Crippen LogP) is 6.80. The first kappa shape index (κ1) is 23.1. The molecule has 0 aliphatic heterocycles. The van der Waals surface area contributed by atoms with Crippen molar-refractivity contribution in [3.05, 3.63) is 82.4 Å². The van der Waals surface area contributed by atoms with E-state index in [1.807, 2.05) is 54.6 Å². The van der Waals surface area contributed by atoms with Gasteiger partial charge in [0.2, 0.25) is 0 Å². The molecular weight excluding hydrogens is 423 g/mol. The summed E-state index contributed by atoms with van der Waals surface area (Å²) in [5.41, 5.74) is 2.29. The molecule has 31 heavy (non-hydrogen) atoms. The number of nitrogens with zero attached hydrogens (tertiary/aromatic N) is 1. The maximum absolute atomic E-state index is 12.9. The number of nitriles is 1. The average molecular weight is 446 g/mol. The minimum absolute atomic E-state index is 0.0344. The van der Waals surface area contributed by atoms with Crippen LogP contribution in [0.2, 0.25) is 0 Å². The molecule has 1 fully saturated rings. The van der Waals surface area contributed by atoms with E-state index in [0.29, 0.717) is 6.42 Å². The number of carbonyl (C=O) groups excluding carboxylic acids is 1. The van der Waals surface area contributed by atoms with Crippen molar-refractivity contribution in [2.24, 2.45) is 17.3 Å². The Balaban J connectivity index is 1.72. The third-order valence-corrected chi connectivity index (χ3v) is 6.36. The van der Waals surface area contributed by atoms with Crippen LogP contribution < -0.4 is 0 Å². The van der Waals surface area contributed by atoms with E-state index < -0.39 is 34.4 Å². The first-order valence-corrected chi connectivity index (χ1v) is 10.4. The standard InChI is InChI=1S/C25H23ClF3NO/c1-24(2)20(14-22(26)25(27,28)29)23(24)21(31)13-19(15-30)18-10-6-9-17(12-18)11-16-7-4-3-5-8-16/h3-10,12,14,19-20,23H,11,13H2,1-2H3/b22-14-. The van der Waals surface area contributed by atoms with E-state index in [2.05, 4.69) is 6.07 Å². The molecule has 0 spiro atoms. The second kappa shape index (κ2) is 8.88. The second-order valence-electron chi connectivity index (χ2n) is 8.60. The van der Waals surface area contributed by atoms with E-state index in [4.69, 9.17) is 11.6 Å². The van der Waals surface area contributed by atoms with Crippen LogP contribution in [0.4, 0.5) is 13.2 Å². The number of ketones is 1. The van der Waals surface area contributed by atoms with Gasteiger partial charge in [0.1, 0.15) is 10.8 Å². The molecule has 2 aromatic rings. The van der Waals surface area contributed by atoms with Gasteiger partial charge >= 0.3 is 6.18 Å². The van der Waals surface area contributed by atoms with E-state index in [1.165, 1.54) is 0 Å². The van der Waals surface area contributed by atoms with Gasteiger partial charge in [-0.2, -0.15) is 18.4 Å². The molecule has 162 valence electrons. The average Bonchev–Trinajstić information content (AvgIpc) is 3.26. The molecule has 0 N–H and O–H groups in total. The molecule has 1 aliphatic carbocycles. The van der Waals surface area contributed by atoms with Crippen molar-refractivity contribution in [2.45, 2.75) is 38.8 Å². The summed E-state index contributed by atoms with van der Waals surface area (Å²) in [7, 11) is 0. The van der Waals surface area contributed by atoms with Crippen LogP contribution in [-0.2, 0) is 11.2 Å². The number of Topliss-reactive ketones (excluding diaryl/α,β-unsaturated/α-hetero) is 1. The smallest absolute Gasteiger partial charge is 0.299 e. The monoisotopic (exact) mass is 445 g/mol. The van der Waals surface area contributed by atoms with Crippen molar-refractivity contribution < 1.29 is 18.0 Å². The first-order chi connectivity index (χ1) is 14.5. The van der Waals surface area contributed by atoms with Gasteiger partial charge in [-0.1, -0.05) is 86.1 Å². The van der Waals surface area contributed by atoms with Crippen LogP contribution in [-0.4, -0.2) is 12.0 Å². The quantitative estimate of drug-likeness (QED) is 0.470. The molecule has 6 heteroatoms.